The van der Waals surface area contributed by atoms with Gasteiger partial charge in [-0.25, -0.2) is 9.55 Å². The second-order valence-corrected chi connectivity index (χ2v) is 8.92. The van der Waals surface area contributed by atoms with Crippen LogP contribution < -0.4 is 4.57 Å². The maximum atomic E-state index is 6.45. The van der Waals surface area contributed by atoms with E-state index in [4.69, 9.17) is 9.40 Å². The summed E-state index contributed by atoms with van der Waals surface area (Å²) in [6.07, 6.45) is 7.29. The van der Waals surface area contributed by atoms with Gasteiger partial charge in [0.1, 0.15) is 7.05 Å². The Morgan fingerprint density at radius 1 is 1.03 bits per heavy atom. The SMILES string of the molecule is Cc1ccc2c(oc3nc(C4CCCC4)ccc32)c1-c1cc(C(C)C)cc[n+]1C. The van der Waals surface area contributed by atoms with E-state index < -0.39 is 0 Å². The average Bonchev–Trinajstić information content (AvgIpc) is 3.35. The molecule has 0 amide bonds. The molecule has 1 aliphatic rings. The first kappa shape index (κ1) is 18.4. The van der Waals surface area contributed by atoms with Crippen molar-refractivity contribution in [3.8, 4) is 11.3 Å². The number of hydrogen-bond donors (Lipinski definition) is 0. The molecule has 1 aliphatic carbocycles. The largest absolute Gasteiger partial charge is 0.437 e. The summed E-state index contributed by atoms with van der Waals surface area (Å²) in [5.41, 5.74) is 7.85. The quantitative estimate of drug-likeness (QED) is 0.374. The minimum Gasteiger partial charge on any atom is -0.437 e. The van der Waals surface area contributed by atoms with Crippen LogP contribution in [0, 0.1) is 6.92 Å². The Balaban J connectivity index is 1.74. The van der Waals surface area contributed by atoms with E-state index in [0.29, 0.717) is 11.8 Å². The zero-order valence-corrected chi connectivity index (χ0v) is 17.8. The first-order valence-electron chi connectivity index (χ1n) is 10.9. The predicted molar refractivity (Wildman–Crippen MR) is 118 cm³/mol. The predicted octanol–water partition coefficient (Wildman–Crippen LogP) is 6.56. The van der Waals surface area contributed by atoms with E-state index in [1.54, 1.807) is 0 Å². The monoisotopic (exact) mass is 385 g/mol. The number of benzene rings is 1. The fraction of sp³-hybridized carbons (Fsp3) is 0.385. The van der Waals surface area contributed by atoms with Crippen molar-refractivity contribution in [3.05, 3.63) is 59.4 Å². The lowest BCUT2D eigenvalue weighted by Crippen LogP contribution is -2.31. The van der Waals surface area contributed by atoms with Gasteiger partial charge < -0.3 is 4.42 Å². The molecule has 0 unspecified atom stereocenters. The van der Waals surface area contributed by atoms with Crippen LogP contribution in [0.3, 0.4) is 0 Å². The molecule has 0 aliphatic heterocycles. The third kappa shape index (κ3) is 3.04. The molecule has 3 heterocycles. The van der Waals surface area contributed by atoms with Crippen LogP contribution in [0.4, 0.5) is 0 Å². The summed E-state index contributed by atoms with van der Waals surface area (Å²) in [5, 5.41) is 2.27. The van der Waals surface area contributed by atoms with Crippen LogP contribution in [-0.2, 0) is 7.05 Å². The van der Waals surface area contributed by atoms with Gasteiger partial charge in [0.05, 0.1) is 5.56 Å². The highest BCUT2D eigenvalue weighted by Crippen LogP contribution is 2.39. The molecule has 1 saturated carbocycles. The molecule has 0 saturated heterocycles. The molecule has 1 fully saturated rings. The number of furan rings is 1. The van der Waals surface area contributed by atoms with Gasteiger partial charge in [-0.3, -0.25) is 0 Å². The average molecular weight is 386 g/mol. The van der Waals surface area contributed by atoms with E-state index >= 15 is 0 Å². The van der Waals surface area contributed by atoms with Crippen molar-refractivity contribution < 1.29 is 8.98 Å². The van der Waals surface area contributed by atoms with Gasteiger partial charge in [0.15, 0.2) is 11.8 Å². The Morgan fingerprint density at radius 3 is 2.55 bits per heavy atom. The molecule has 148 valence electrons. The number of fused-ring (bicyclic) bond motifs is 3. The summed E-state index contributed by atoms with van der Waals surface area (Å²) in [7, 11) is 2.11. The number of rotatable bonds is 3. The smallest absolute Gasteiger partial charge is 0.227 e. The molecule has 1 aromatic carbocycles. The van der Waals surface area contributed by atoms with E-state index in [2.05, 4.69) is 75.0 Å². The van der Waals surface area contributed by atoms with Gasteiger partial charge in [0, 0.05) is 34.5 Å². The maximum absolute atomic E-state index is 6.45. The van der Waals surface area contributed by atoms with Crippen LogP contribution in [0.25, 0.3) is 33.3 Å². The summed E-state index contributed by atoms with van der Waals surface area (Å²) < 4.78 is 8.64. The van der Waals surface area contributed by atoms with Gasteiger partial charge in [-0.15, -0.1) is 0 Å². The summed E-state index contributed by atoms with van der Waals surface area (Å²) >= 11 is 0. The van der Waals surface area contributed by atoms with E-state index in [9.17, 15) is 0 Å². The fourth-order valence-electron chi connectivity index (χ4n) is 4.79. The molecule has 3 aromatic heterocycles. The van der Waals surface area contributed by atoms with Gasteiger partial charge >= 0.3 is 0 Å². The molecule has 0 bridgehead atoms. The number of aromatic nitrogens is 2. The number of hydrogen-bond acceptors (Lipinski definition) is 2. The second kappa shape index (κ2) is 6.98. The molecular formula is C26H29N2O+. The molecular weight excluding hydrogens is 356 g/mol. The lowest BCUT2D eigenvalue weighted by molar-refractivity contribution is -0.660. The lowest BCUT2D eigenvalue weighted by Gasteiger charge is -2.09. The molecule has 3 heteroatoms. The van der Waals surface area contributed by atoms with Gasteiger partial charge in [0.25, 0.3) is 0 Å². The summed E-state index contributed by atoms with van der Waals surface area (Å²) in [6.45, 7) is 6.64. The summed E-state index contributed by atoms with van der Waals surface area (Å²) in [6, 6.07) is 13.3. The minimum atomic E-state index is 0.487. The van der Waals surface area contributed by atoms with E-state index in [1.165, 1.54) is 53.8 Å². The first-order chi connectivity index (χ1) is 14.0. The molecule has 0 N–H and O–H groups in total. The molecule has 29 heavy (non-hydrogen) atoms. The Hall–Kier alpha value is -2.68. The Labute approximate surface area is 172 Å². The second-order valence-electron chi connectivity index (χ2n) is 8.92. The molecule has 5 rings (SSSR count). The van der Waals surface area contributed by atoms with Crippen molar-refractivity contribution in [2.75, 3.05) is 0 Å². The highest BCUT2D eigenvalue weighted by molar-refractivity contribution is 6.08. The number of aryl methyl sites for hydroxylation is 2. The topological polar surface area (TPSA) is 29.9 Å². The van der Waals surface area contributed by atoms with Crippen molar-refractivity contribution in [2.24, 2.45) is 7.05 Å². The number of nitrogens with zero attached hydrogens (tertiary/aromatic N) is 2. The van der Waals surface area contributed by atoms with Crippen molar-refractivity contribution in [1.82, 2.24) is 4.98 Å². The van der Waals surface area contributed by atoms with Gasteiger partial charge in [0.2, 0.25) is 11.4 Å². The van der Waals surface area contributed by atoms with Crippen molar-refractivity contribution in [2.45, 2.75) is 58.3 Å². The molecule has 0 radical (unpaired) electrons. The summed E-state index contributed by atoms with van der Waals surface area (Å²) in [5.74, 6) is 1.08. The van der Waals surface area contributed by atoms with Crippen molar-refractivity contribution >= 4 is 22.1 Å². The van der Waals surface area contributed by atoms with E-state index in [-0.39, 0.29) is 0 Å². The van der Waals surface area contributed by atoms with Gasteiger partial charge in [-0.05, 0) is 48.9 Å². The Kier molecular flexibility index (Phi) is 4.42. The molecule has 3 nitrogen and oxygen atoms in total. The third-order valence-electron chi connectivity index (χ3n) is 6.61. The van der Waals surface area contributed by atoms with Crippen LogP contribution in [0.2, 0.25) is 0 Å². The summed E-state index contributed by atoms with van der Waals surface area (Å²) in [4.78, 5) is 4.95. The van der Waals surface area contributed by atoms with Crippen LogP contribution in [0.1, 0.15) is 68.2 Å². The van der Waals surface area contributed by atoms with Crippen LogP contribution in [-0.4, -0.2) is 4.98 Å². The fourth-order valence-corrected chi connectivity index (χ4v) is 4.79. The Bertz CT molecular complexity index is 1210. The van der Waals surface area contributed by atoms with Crippen LogP contribution >= 0.6 is 0 Å². The number of pyridine rings is 2. The first-order valence-corrected chi connectivity index (χ1v) is 10.9. The molecule has 4 aromatic rings. The highest BCUT2D eigenvalue weighted by Gasteiger charge is 2.23. The highest BCUT2D eigenvalue weighted by atomic mass is 16.3. The standard InChI is InChI=1S/C26H29N2O/c1-16(2)19-13-14-28(4)23(15-19)24-17(3)9-10-20-21-11-12-22(18-7-5-6-8-18)27-26(21)29-25(20)24/h9-16,18H,5-8H2,1-4H3/q+1. The molecule has 0 atom stereocenters. The normalized spacial score (nSPS) is 15.2. The lowest BCUT2D eigenvalue weighted by atomic mass is 9.97. The Morgan fingerprint density at radius 2 is 1.79 bits per heavy atom. The van der Waals surface area contributed by atoms with Gasteiger partial charge in [-0.1, -0.05) is 38.8 Å². The van der Waals surface area contributed by atoms with Crippen molar-refractivity contribution in [3.63, 3.8) is 0 Å². The van der Waals surface area contributed by atoms with E-state index in [1.807, 2.05) is 0 Å². The minimum absolute atomic E-state index is 0.487. The third-order valence-corrected chi connectivity index (χ3v) is 6.61. The zero-order chi connectivity index (χ0) is 20.1. The van der Waals surface area contributed by atoms with Crippen LogP contribution in [0.5, 0.6) is 0 Å². The maximum Gasteiger partial charge on any atom is 0.227 e. The molecule has 0 spiro atoms. The van der Waals surface area contributed by atoms with Crippen LogP contribution in [0.15, 0.2) is 47.0 Å². The van der Waals surface area contributed by atoms with Crippen molar-refractivity contribution in [1.29, 1.82) is 0 Å². The van der Waals surface area contributed by atoms with E-state index in [0.717, 1.165) is 22.1 Å². The zero-order valence-electron chi connectivity index (χ0n) is 17.8. The van der Waals surface area contributed by atoms with Gasteiger partial charge in [-0.2, -0.15) is 0 Å².